The molecule has 3 N–H and O–H groups in total. The minimum Gasteiger partial charge on any atom is -0.478 e. The van der Waals surface area contributed by atoms with E-state index in [2.05, 4.69) is 10.2 Å². The molecule has 82 valence electrons. The molecule has 0 radical (unpaired) electrons. The molecule has 6 nitrogen and oxygen atoms in total. The topological polar surface area (TPSA) is 94.0 Å². The van der Waals surface area contributed by atoms with Crippen LogP contribution < -0.4 is 5.73 Å². The maximum atomic E-state index is 10.5. The van der Waals surface area contributed by atoms with E-state index >= 15 is 0 Å². The van der Waals surface area contributed by atoms with Crippen molar-refractivity contribution in [3.8, 4) is 0 Å². The van der Waals surface area contributed by atoms with Crippen LogP contribution in [0.2, 0.25) is 0 Å². The highest BCUT2D eigenvalue weighted by Crippen LogP contribution is 2.16. The van der Waals surface area contributed by atoms with Crippen LogP contribution in [0.1, 0.15) is 6.92 Å². The average molecular weight is 228 g/mol. The Morgan fingerprint density at radius 1 is 1.67 bits per heavy atom. The maximum absolute atomic E-state index is 10.5. The van der Waals surface area contributed by atoms with Gasteiger partial charge in [-0.15, -0.1) is 10.2 Å². The lowest BCUT2D eigenvalue weighted by molar-refractivity contribution is -0.132. The zero-order valence-electron chi connectivity index (χ0n) is 8.47. The van der Waals surface area contributed by atoms with Gasteiger partial charge in [-0.3, -0.25) is 4.57 Å². The fourth-order valence-corrected chi connectivity index (χ4v) is 1.65. The minimum absolute atomic E-state index is 0.317. The van der Waals surface area contributed by atoms with Gasteiger partial charge in [0, 0.05) is 18.4 Å². The highest BCUT2D eigenvalue weighted by molar-refractivity contribution is 7.99. The molecule has 1 aromatic rings. The van der Waals surface area contributed by atoms with Crippen LogP contribution in [0.5, 0.6) is 0 Å². The van der Waals surface area contributed by atoms with Crippen molar-refractivity contribution in [2.75, 3.05) is 11.5 Å². The van der Waals surface area contributed by atoms with Crippen LogP contribution in [-0.4, -0.2) is 31.6 Å². The van der Waals surface area contributed by atoms with Crippen LogP contribution in [0.25, 0.3) is 0 Å². The summed E-state index contributed by atoms with van der Waals surface area (Å²) >= 11 is 1.38. The van der Waals surface area contributed by atoms with Crippen LogP contribution in [0.4, 0.5) is 5.95 Å². The molecule has 0 saturated carbocycles. The quantitative estimate of drug-likeness (QED) is 0.576. The van der Waals surface area contributed by atoms with Crippen molar-refractivity contribution >= 4 is 23.7 Å². The first-order valence-corrected chi connectivity index (χ1v) is 5.18. The van der Waals surface area contributed by atoms with Crippen molar-refractivity contribution in [1.82, 2.24) is 14.8 Å². The Morgan fingerprint density at radius 2 is 2.33 bits per heavy atom. The lowest BCUT2D eigenvalue weighted by atomic mass is 10.3. The Bertz CT molecular complexity index is 399. The number of carboxylic acids is 1. The van der Waals surface area contributed by atoms with Crippen LogP contribution in [0.3, 0.4) is 0 Å². The normalized spacial score (nSPS) is 11.7. The van der Waals surface area contributed by atoms with E-state index in [0.29, 0.717) is 22.4 Å². The Hall–Kier alpha value is -1.50. The molecule has 0 aromatic carbocycles. The number of nitrogens with two attached hydrogens (primary N) is 1. The summed E-state index contributed by atoms with van der Waals surface area (Å²) in [6.45, 7) is 1.55. The molecule has 0 unspecified atom stereocenters. The minimum atomic E-state index is -0.909. The molecule has 0 aliphatic carbocycles. The standard InChI is InChI=1S/C8H12N4O2S/c1-5(6(13)14)3-4-15-8-11-10-7(9)12(8)2/h3H,4H2,1-2H3,(H2,9,10)(H,13,14). The molecule has 0 fully saturated rings. The lowest BCUT2D eigenvalue weighted by Gasteiger charge is -1.98. The van der Waals surface area contributed by atoms with Gasteiger partial charge in [-0.05, 0) is 6.92 Å². The number of hydrogen-bond donors (Lipinski definition) is 2. The zero-order chi connectivity index (χ0) is 11.4. The van der Waals surface area contributed by atoms with Gasteiger partial charge >= 0.3 is 5.97 Å². The van der Waals surface area contributed by atoms with E-state index in [9.17, 15) is 4.79 Å². The van der Waals surface area contributed by atoms with Crippen molar-refractivity contribution in [2.24, 2.45) is 7.05 Å². The molecule has 0 spiro atoms. The van der Waals surface area contributed by atoms with Gasteiger partial charge in [0.05, 0.1) is 0 Å². The second kappa shape index (κ2) is 4.83. The van der Waals surface area contributed by atoms with Gasteiger partial charge in [-0.25, -0.2) is 4.79 Å². The molecular formula is C8H12N4O2S. The monoisotopic (exact) mass is 228 g/mol. The number of nitrogens with zero attached hydrogens (tertiary/aromatic N) is 3. The molecule has 0 aliphatic rings. The van der Waals surface area contributed by atoms with Crippen LogP contribution in [0.15, 0.2) is 16.8 Å². The fraction of sp³-hybridized carbons (Fsp3) is 0.375. The van der Waals surface area contributed by atoms with Crippen molar-refractivity contribution in [2.45, 2.75) is 12.1 Å². The number of carboxylic acid groups (broad SMARTS) is 1. The molecule has 0 amide bonds. The number of carbonyl (C=O) groups is 1. The number of thioether (sulfide) groups is 1. The predicted octanol–water partition coefficient (Wildman–Crippen LogP) is 0.520. The predicted molar refractivity (Wildman–Crippen MR) is 57.5 cm³/mol. The third-order valence-corrected chi connectivity index (χ3v) is 2.75. The fourth-order valence-electron chi connectivity index (χ4n) is 0.780. The number of hydrogen-bond acceptors (Lipinski definition) is 5. The van der Waals surface area contributed by atoms with Crippen molar-refractivity contribution < 1.29 is 9.90 Å². The molecule has 1 aromatic heterocycles. The van der Waals surface area contributed by atoms with Gasteiger partial charge in [0.1, 0.15) is 0 Å². The number of anilines is 1. The van der Waals surface area contributed by atoms with Gasteiger partial charge in [-0.1, -0.05) is 17.8 Å². The molecule has 1 rings (SSSR count). The summed E-state index contributed by atoms with van der Waals surface area (Å²) in [5, 5.41) is 16.8. The number of aromatic nitrogens is 3. The number of aliphatic carboxylic acids is 1. The first-order valence-electron chi connectivity index (χ1n) is 4.20. The number of nitrogen functional groups attached to an aromatic ring is 1. The summed E-state index contributed by atoms with van der Waals surface area (Å²) in [5.41, 5.74) is 5.80. The SMILES string of the molecule is CC(=CCSc1nnc(N)n1C)C(=O)O. The van der Waals surface area contributed by atoms with Crippen LogP contribution >= 0.6 is 11.8 Å². The second-order valence-electron chi connectivity index (χ2n) is 2.90. The summed E-state index contributed by atoms with van der Waals surface area (Å²) in [5.74, 6) is -0.0334. The average Bonchev–Trinajstić information content (AvgIpc) is 2.49. The molecule has 15 heavy (non-hydrogen) atoms. The Kier molecular flexibility index (Phi) is 3.73. The highest BCUT2D eigenvalue weighted by Gasteiger charge is 2.05. The third kappa shape index (κ3) is 2.98. The van der Waals surface area contributed by atoms with E-state index in [4.69, 9.17) is 10.8 Å². The van der Waals surface area contributed by atoms with Gasteiger partial charge < -0.3 is 10.8 Å². The number of rotatable bonds is 4. The summed E-state index contributed by atoms with van der Waals surface area (Å²) in [7, 11) is 1.76. The molecule has 7 heteroatoms. The first kappa shape index (κ1) is 11.6. The van der Waals surface area contributed by atoms with Crippen molar-refractivity contribution in [3.63, 3.8) is 0 Å². The Labute approximate surface area is 91.2 Å². The summed E-state index contributed by atoms with van der Waals surface area (Å²) in [6.07, 6.45) is 1.62. The van der Waals surface area contributed by atoms with Gasteiger partial charge in [0.25, 0.3) is 0 Å². The molecule has 0 saturated heterocycles. The Balaban J connectivity index is 2.55. The first-order chi connectivity index (χ1) is 7.02. The van der Waals surface area contributed by atoms with Gasteiger partial charge in [-0.2, -0.15) is 0 Å². The van der Waals surface area contributed by atoms with E-state index in [-0.39, 0.29) is 0 Å². The summed E-state index contributed by atoms with van der Waals surface area (Å²) < 4.78 is 1.65. The van der Waals surface area contributed by atoms with Gasteiger partial charge in [0.15, 0.2) is 5.16 Å². The van der Waals surface area contributed by atoms with E-state index in [0.717, 1.165) is 0 Å². The summed E-state index contributed by atoms with van der Waals surface area (Å²) in [4.78, 5) is 10.5. The van der Waals surface area contributed by atoms with E-state index < -0.39 is 5.97 Å². The second-order valence-corrected chi connectivity index (χ2v) is 3.89. The molecule has 0 bridgehead atoms. The third-order valence-electron chi connectivity index (χ3n) is 1.81. The lowest BCUT2D eigenvalue weighted by Crippen LogP contribution is -1.99. The van der Waals surface area contributed by atoms with Crippen molar-refractivity contribution in [1.29, 1.82) is 0 Å². The largest absolute Gasteiger partial charge is 0.478 e. The van der Waals surface area contributed by atoms with Crippen molar-refractivity contribution in [3.05, 3.63) is 11.6 Å². The van der Waals surface area contributed by atoms with E-state index in [1.54, 1.807) is 24.6 Å². The maximum Gasteiger partial charge on any atom is 0.330 e. The molecule has 0 atom stereocenters. The van der Waals surface area contributed by atoms with Gasteiger partial charge in [0.2, 0.25) is 5.95 Å². The molecular weight excluding hydrogens is 216 g/mol. The van der Waals surface area contributed by atoms with Crippen LogP contribution in [0, 0.1) is 0 Å². The van der Waals surface area contributed by atoms with E-state index in [1.807, 2.05) is 0 Å². The molecule has 1 heterocycles. The summed E-state index contributed by atoms with van der Waals surface area (Å²) in [6, 6.07) is 0. The molecule has 0 aliphatic heterocycles. The van der Waals surface area contributed by atoms with Crippen LogP contribution in [-0.2, 0) is 11.8 Å². The zero-order valence-corrected chi connectivity index (χ0v) is 9.28. The highest BCUT2D eigenvalue weighted by atomic mass is 32.2. The van der Waals surface area contributed by atoms with E-state index in [1.165, 1.54) is 11.8 Å². The smallest absolute Gasteiger partial charge is 0.330 e. The Morgan fingerprint density at radius 3 is 2.80 bits per heavy atom.